The van der Waals surface area contributed by atoms with Crippen molar-refractivity contribution in [2.24, 2.45) is 0 Å². The van der Waals surface area contributed by atoms with E-state index in [9.17, 15) is 0 Å². The molecule has 6 nitrogen and oxygen atoms in total. The van der Waals surface area contributed by atoms with Gasteiger partial charge in [0, 0.05) is 51.2 Å². The van der Waals surface area contributed by atoms with Gasteiger partial charge in [0.2, 0.25) is 5.95 Å². The Morgan fingerprint density at radius 2 is 1.66 bits per heavy atom. The van der Waals surface area contributed by atoms with Gasteiger partial charge in [-0.3, -0.25) is 0 Å². The lowest BCUT2D eigenvalue weighted by atomic mass is 10.1. The van der Waals surface area contributed by atoms with Gasteiger partial charge < -0.3 is 20.4 Å². The van der Waals surface area contributed by atoms with Crippen molar-refractivity contribution in [2.75, 3.05) is 56.0 Å². The summed E-state index contributed by atoms with van der Waals surface area (Å²) in [4.78, 5) is 14.1. The van der Waals surface area contributed by atoms with E-state index in [4.69, 9.17) is 4.98 Å². The van der Waals surface area contributed by atoms with E-state index in [0.717, 1.165) is 50.1 Å². The van der Waals surface area contributed by atoms with Gasteiger partial charge in [-0.1, -0.05) is 25.0 Å². The molecule has 29 heavy (non-hydrogen) atoms. The zero-order chi connectivity index (χ0) is 19.7. The first-order chi connectivity index (χ1) is 14.4. The van der Waals surface area contributed by atoms with Crippen LogP contribution >= 0.6 is 0 Å². The summed E-state index contributed by atoms with van der Waals surface area (Å²) in [5.74, 6) is 1.71. The van der Waals surface area contributed by atoms with E-state index in [-0.39, 0.29) is 0 Å². The zero-order valence-corrected chi connectivity index (χ0v) is 17.4. The van der Waals surface area contributed by atoms with Crippen LogP contribution in [0.1, 0.15) is 37.7 Å². The minimum atomic E-state index is 0.849. The van der Waals surface area contributed by atoms with Crippen molar-refractivity contribution in [2.45, 2.75) is 38.5 Å². The number of anilines is 3. The summed E-state index contributed by atoms with van der Waals surface area (Å²) in [6.07, 6.45) is 9.31. The van der Waals surface area contributed by atoms with Crippen LogP contribution in [-0.4, -0.2) is 60.7 Å². The molecular weight excluding hydrogens is 360 g/mol. The highest BCUT2D eigenvalue weighted by Gasteiger charge is 2.13. The third kappa shape index (κ3) is 6.15. The van der Waals surface area contributed by atoms with Crippen LogP contribution in [0.15, 0.2) is 36.5 Å². The van der Waals surface area contributed by atoms with Crippen LogP contribution in [0.5, 0.6) is 0 Å². The van der Waals surface area contributed by atoms with Gasteiger partial charge in [0.15, 0.2) is 0 Å². The molecule has 0 saturated carbocycles. The highest BCUT2D eigenvalue weighted by Crippen LogP contribution is 2.20. The van der Waals surface area contributed by atoms with E-state index >= 15 is 0 Å². The van der Waals surface area contributed by atoms with Gasteiger partial charge in [-0.2, -0.15) is 4.98 Å². The molecule has 0 amide bonds. The smallest absolute Gasteiger partial charge is 0.227 e. The van der Waals surface area contributed by atoms with Crippen LogP contribution in [0.2, 0.25) is 0 Å². The fourth-order valence-electron chi connectivity index (χ4n) is 4.19. The van der Waals surface area contributed by atoms with Crippen molar-refractivity contribution >= 4 is 17.5 Å². The summed E-state index contributed by atoms with van der Waals surface area (Å²) < 4.78 is 0. The lowest BCUT2D eigenvalue weighted by molar-refractivity contribution is 0.238. The van der Waals surface area contributed by atoms with Gasteiger partial charge in [0.05, 0.1) is 0 Å². The van der Waals surface area contributed by atoms with E-state index in [1.165, 1.54) is 57.3 Å². The number of rotatable bonds is 7. The van der Waals surface area contributed by atoms with Crippen molar-refractivity contribution in [3.63, 3.8) is 0 Å². The van der Waals surface area contributed by atoms with E-state index in [1.54, 1.807) is 0 Å². The quantitative estimate of drug-likeness (QED) is 0.750. The number of hydrogen-bond acceptors (Lipinski definition) is 6. The molecule has 2 aliphatic heterocycles. The van der Waals surface area contributed by atoms with Crippen molar-refractivity contribution in [1.29, 1.82) is 0 Å². The molecule has 2 aromatic rings. The van der Waals surface area contributed by atoms with Crippen molar-refractivity contribution in [3.05, 3.63) is 42.1 Å². The third-order valence-electron chi connectivity index (χ3n) is 5.91. The molecule has 2 saturated heterocycles. The van der Waals surface area contributed by atoms with Crippen molar-refractivity contribution in [1.82, 2.24) is 20.2 Å². The molecule has 1 aromatic heterocycles. The normalized spacial score (nSPS) is 18.4. The van der Waals surface area contributed by atoms with E-state index in [1.807, 2.05) is 12.3 Å². The molecule has 2 N–H and O–H groups in total. The fraction of sp³-hybridized carbons (Fsp3) is 0.565. The average Bonchev–Trinajstić information content (AvgIpc) is 3.06. The first-order valence-corrected chi connectivity index (χ1v) is 11.2. The van der Waals surface area contributed by atoms with Crippen LogP contribution in [0, 0.1) is 0 Å². The largest absolute Gasteiger partial charge is 0.341 e. The molecule has 0 aliphatic carbocycles. The van der Waals surface area contributed by atoms with Gasteiger partial charge in [-0.05, 0) is 56.0 Å². The Morgan fingerprint density at radius 1 is 0.897 bits per heavy atom. The Balaban J connectivity index is 1.28. The first-order valence-electron chi connectivity index (χ1n) is 11.2. The second kappa shape index (κ2) is 10.6. The minimum Gasteiger partial charge on any atom is -0.341 e. The monoisotopic (exact) mass is 394 g/mol. The average molecular weight is 395 g/mol. The van der Waals surface area contributed by atoms with Gasteiger partial charge in [-0.15, -0.1) is 0 Å². The zero-order valence-electron chi connectivity index (χ0n) is 17.4. The summed E-state index contributed by atoms with van der Waals surface area (Å²) >= 11 is 0. The van der Waals surface area contributed by atoms with Crippen LogP contribution in [0.3, 0.4) is 0 Å². The maximum absolute atomic E-state index is 4.75. The summed E-state index contributed by atoms with van der Waals surface area (Å²) in [6, 6.07) is 10.7. The number of hydrogen-bond donors (Lipinski definition) is 2. The van der Waals surface area contributed by atoms with Crippen LogP contribution < -0.4 is 15.5 Å². The number of aromatic nitrogens is 2. The fourth-order valence-corrected chi connectivity index (χ4v) is 4.19. The predicted octanol–water partition coefficient (Wildman–Crippen LogP) is 3.44. The SMILES string of the molecule is c1cc(Nc2ccc(CCCN3CCNCC3)cc2)nc(N2CCCCCC2)n1. The Labute approximate surface area is 174 Å². The standard InChI is InChI=1S/C23H34N6/c1-2-4-17-29(16-3-1)23-25-12-11-22(27-23)26-21-9-7-20(8-10-21)6-5-15-28-18-13-24-14-19-28/h7-12,24H,1-6,13-19H2,(H,25,26,27). The summed E-state index contributed by atoms with van der Waals surface area (Å²) in [5.41, 5.74) is 2.48. The Bertz CT molecular complexity index is 733. The lowest BCUT2D eigenvalue weighted by Gasteiger charge is -2.27. The number of piperazine rings is 1. The topological polar surface area (TPSA) is 56.3 Å². The molecule has 2 aliphatic rings. The molecule has 4 rings (SSSR count). The molecule has 2 fully saturated rings. The summed E-state index contributed by atoms with van der Waals surface area (Å²) in [7, 11) is 0. The van der Waals surface area contributed by atoms with Crippen molar-refractivity contribution < 1.29 is 0 Å². The number of nitrogens with zero attached hydrogens (tertiary/aromatic N) is 4. The molecule has 0 bridgehead atoms. The highest BCUT2D eigenvalue weighted by molar-refractivity contribution is 5.57. The maximum atomic E-state index is 4.75. The van der Waals surface area contributed by atoms with Gasteiger partial charge in [0.25, 0.3) is 0 Å². The minimum absolute atomic E-state index is 0.849. The third-order valence-corrected chi connectivity index (χ3v) is 5.91. The Morgan fingerprint density at radius 3 is 2.41 bits per heavy atom. The van der Waals surface area contributed by atoms with E-state index < -0.39 is 0 Å². The van der Waals surface area contributed by atoms with Gasteiger partial charge in [-0.25, -0.2) is 4.98 Å². The van der Waals surface area contributed by atoms with Crippen molar-refractivity contribution in [3.8, 4) is 0 Å². The van der Waals surface area contributed by atoms with E-state index in [2.05, 4.69) is 49.7 Å². The number of benzene rings is 1. The van der Waals surface area contributed by atoms with Crippen LogP contribution in [0.25, 0.3) is 0 Å². The second-order valence-corrected chi connectivity index (χ2v) is 8.16. The maximum Gasteiger partial charge on any atom is 0.227 e. The molecule has 0 atom stereocenters. The molecule has 0 spiro atoms. The first kappa shape index (κ1) is 20.1. The number of aryl methyl sites for hydroxylation is 1. The van der Waals surface area contributed by atoms with Gasteiger partial charge >= 0.3 is 0 Å². The molecule has 0 radical (unpaired) electrons. The predicted molar refractivity (Wildman–Crippen MR) is 120 cm³/mol. The highest BCUT2D eigenvalue weighted by atomic mass is 15.3. The van der Waals surface area contributed by atoms with Gasteiger partial charge in [0.1, 0.15) is 5.82 Å². The number of nitrogens with one attached hydrogen (secondary N) is 2. The molecule has 1 aromatic carbocycles. The Kier molecular flexibility index (Phi) is 7.32. The molecule has 3 heterocycles. The summed E-state index contributed by atoms with van der Waals surface area (Å²) in [6.45, 7) is 7.94. The molecule has 0 unspecified atom stereocenters. The van der Waals surface area contributed by atoms with Crippen LogP contribution in [0.4, 0.5) is 17.5 Å². The van der Waals surface area contributed by atoms with Crippen LogP contribution in [-0.2, 0) is 6.42 Å². The second-order valence-electron chi connectivity index (χ2n) is 8.16. The molecule has 6 heteroatoms. The molecule has 156 valence electrons. The Hall–Kier alpha value is -2.18. The van der Waals surface area contributed by atoms with E-state index in [0.29, 0.717) is 0 Å². The summed E-state index contributed by atoms with van der Waals surface area (Å²) in [5, 5.41) is 6.85. The molecular formula is C23H34N6. The lowest BCUT2D eigenvalue weighted by Crippen LogP contribution is -2.43.